The summed E-state index contributed by atoms with van der Waals surface area (Å²) in [5.41, 5.74) is 2.83. The number of amides is 3. The first-order valence-corrected chi connectivity index (χ1v) is 9.07. The third-order valence-electron chi connectivity index (χ3n) is 4.57. The number of likely N-dealkylation sites (tertiary alicyclic amines) is 1. The monoisotopic (exact) mass is 365 g/mol. The van der Waals surface area contributed by atoms with Crippen LogP contribution in [0.1, 0.15) is 37.8 Å². The van der Waals surface area contributed by atoms with Gasteiger partial charge in [0.25, 0.3) is 0 Å². The van der Waals surface area contributed by atoms with E-state index in [1.54, 1.807) is 0 Å². The SMILES string of the molecule is C[C@H](Nc1ccc(NC(=O)CCN2C(=O)CCC2=O)cc1)c1ccccc1. The molecule has 3 rings (SSSR count). The summed E-state index contributed by atoms with van der Waals surface area (Å²) < 4.78 is 0. The summed E-state index contributed by atoms with van der Waals surface area (Å²) in [5, 5.41) is 6.21. The molecule has 0 aliphatic carbocycles. The molecule has 0 radical (unpaired) electrons. The van der Waals surface area contributed by atoms with Crippen LogP contribution in [0.15, 0.2) is 54.6 Å². The lowest BCUT2D eigenvalue weighted by molar-refractivity contribution is -0.138. The summed E-state index contributed by atoms with van der Waals surface area (Å²) in [6.07, 6.45) is 0.592. The Kier molecular flexibility index (Phi) is 5.86. The van der Waals surface area contributed by atoms with Gasteiger partial charge in [0.1, 0.15) is 0 Å². The van der Waals surface area contributed by atoms with E-state index in [9.17, 15) is 14.4 Å². The Morgan fingerprint density at radius 1 is 0.963 bits per heavy atom. The Bertz CT molecular complexity index is 802. The first-order chi connectivity index (χ1) is 13.0. The lowest BCUT2D eigenvalue weighted by Gasteiger charge is -2.16. The summed E-state index contributed by atoms with van der Waals surface area (Å²) in [6, 6.07) is 17.8. The van der Waals surface area contributed by atoms with E-state index < -0.39 is 0 Å². The van der Waals surface area contributed by atoms with Crippen LogP contribution in [0.25, 0.3) is 0 Å². The van der Waals surface area contributed by atoms with E-state index in [0.717, 1.165) is 10.6 Å². The molecule has 0 spiro atoms. The maximum atomic E-state index is 12.1. The van der Waals surface area contributed by atoms with Gasteiger partial charge in [-0.2, -0.15) is 0 Å². The highest BCUT2D eigenvalue weighted by molar-refractivity contribution is 6.02. The average Bonchev–Trinajstić information content (AvgIpc) is 3.00. The van der Waals surface area contributed by atoms with Crippen LogP contribution in [-0.2, 0) is 14.4 Å². The number of rotatable bonds is 7. The third kappa shape index (κ3) is 4.94. The molecule has 2 aromatic rings. The molecule has 0 aromatic heterocycles. The van der Waals surface area contributed by atoms with Crippen molar-refractivity contribution in [2.24, 2.45) is 0 Å². The van der Waals surface area contributed by atoms with E-state index in [1.165, 1.54) is 5.56 Å². The summed E-state index contributed by atoms with van der Waals surface area (Å²) >= 11 is 0. The molecule has 0 saturated carbocycles. The molecule has 1 heterocycles. The molecule has 140 valence electrons. The van der Waals surface area contributed by atoms with Crippen LogP contribution in [-0.4, -0.2) is 29.2 Å². The molecule has 1 saturated heterocycles. The first kappa shape index (κ1) is 18.6. The van der Waals surface area contributed by atoms with Gasteiger partial charge in [-0.15, -0.1) is 0 Å². The van der Waals surface area contributed by atoms with E-state index in [4.69, 9.17) is 0 Å². The molecular weight excluding hydrogens is 342 g/mol. The minimum absolute atomic E-state index is 0.0997. The van der Waals surface area contributed by atoms with Gasteiger partial charge in [0.2, 0.25) is 17.7 Å². The van der Waals surface area contributed by atoms with Crippen LogP contribution in [0.3, 0.4) is 0 Å². The zero-order valence-electron chi connectivity index (χ0n) is 15.3. The third-order valence-corrected chi connectivity index (χ3v) is 4.57. The van der Waals surface area contributed by atoms with E-state index in [2.05, 4.69) is 29.7 Å². The molecule has 2 N–H and O–H groups in total. The highest BCUT2D eigenvalue weighted by atomic mass is 16.2. The van der Waals surface area contributed by atoms with Crippen molar-refractivity contribution in [1.29, 1.82) is 0 Å². The number of nitrogens with one attached hydrogen (secondary N) is 2. The van der Waals surface area contributed by atoms with Crippen LogP contribution in [0.2, 0.25) is 0 Å². The predicted molar refractivity (Wildman–Crippen MR) is 104 cm³/mol. The van der Waals surface area contributed by atoms with Crippen molar-refractivity contribution in [1.82, 2.24) is 4.90 Å². The van der Waals surface area contributed by atoms with E-state index in [1.807, 2.05) is 42.5 Å². The number of nitrogens with zero attached hydrogens (tertiary/aromatic N) is 1. The van der Waals surface area contributed by atoms with Crippen molar-refractivity contribution >= 4 is 29.1 Å². The zero-order valence-corrected chi connectivity index (χ0v) is 15.3. The Labute approximate surface area is 158 Å². The fourth-order valence-electron chi connectivity index (χ4n) is 3.03. The zero-order chi connectivity index (χ0) is 19.2. The number of hydrogen-bond acceptors (Lipinski definition) is 4. The van der Waals surface area contributed by atoms with Gasteiger partial charge in [-0.25, -0.2) is 0 Å². The second kappa shape index (κ2) is 8.49. The van der Waals surface area contributed by atoms with Crippen LogP contribution in [0.4, 0.5) is 11.4 Å². The normalized spacial score (nSPS) is 14.9. The number of hydrogen-bond donors (Lipinski definition) is 2. The van der Waals surface area contributed by atoms with Crippen LogP contribution < -0.4 is 10.6 Å². The Hall–Kier alpha value is -3.15. The molecule has 1 aliphatic heterocycles. The summed E-state index contributed by atoms with van der Waals surface area (Å²) in [7, 11) is 0. The first-order valence-electron chi connectivity index (χ1n) is 9.07. The van der Waals surface area contributed by atoms with Crippen LogP contribution >= 0.6 is 0 Å². The van der Waals surface area contributed by atoms with Crippen molar-refractivity contribution < 1.29 is 14.4 Å². The fourth-order valence-corrected chi connectivity index (χ4v) is 3.03. The highest BCUT2D eigenvalue weighted by Gasteiger charge is 2.28. The molecule has 1 aliphatic rings. The lowest BCUT2D eigenvalue weighted by atomic mass is 10.1. The quantitative estimate of drug-likeness (QED) is 0.738. The van der Waals surface area contributed by atoms with Gasteiger partial charge in [-0.1, -0.05) is 30.3 Å². The molecule has 6 heteroatoms. The van der Waals surface area contributed by atoms with Gasteiger partial charge in [0.15, 0.2) is 0 Å². The molecule has 27 heavy (non-hydrogen) atoms. The summed E-state index contributed by atoms with van der Waals surface area (Å²) in [6.45, 7) is 2.23. The van der Waals surface area contributed by atoms with Crippen molar-refractivity contribution in [3.05, 3.63) is 60.2 Å². The van der Waals surface area contributed by atoms with E-state index in [-0.39, 0.29) is 49.6 Å². The lowest BCUT2D eigenvalue weighted by Crippen LogP contribution is -2.32. The molecule has 2 aromatic carbocycles. The van der Waals surface area contributed by atoms with E-state index >= 15 is 0 Å². The summed E-state index contributed by atoms with van der Waals surface area (Å²) in [4.78, 5) is 36.3. The minimum Gasteiger partial charge on any atom is -0.379 e. The topological polar surface area (TPSA) is 78.5 Å². The van der Waals surface area contributed by atoms with Gasteiger partial charge in [0, 0.05) is 43.2 Å². The number of benzene rings is 2. The summed E-state index contributed by atoms with van der Waals surface area (Å²) in [5.74, 6) is -0.618. The van der Waals surface area contributed by atoms with Crippen molar-refractivity contribution in [2.45, 2.75) is 32.2 Å². The Morgan fingerprint density at radius 2 is 1.56 bits per heavy atom. The van der Waals surface area contributed by atoms with Crippen molar-refractivity contribution in [3.63, 3.8) is 0 Å². The Balaban J connectivity index is 1.49. The van der Waals surface area contributed by atoms with E-state index in [0.29, 0.717) is 5.69 Å². The van der Waals surface area contributed by atoms with Crippen LogP contribution in [0, 0.1) is 0 Å². The molecule has 1 fully saturated rings. The number of imide groups is 1. The molecule has 6 nitrogen and oxygen atoms in total. The number of carbonyl (C=O) groups is 3. The maximum Gasteiger partial charge on any atom is 0.229 e. The Morgan fingerprint density at radius 3 is 2.19 bits per heavy atom. The van der Waals surface area contributed by atoms with Gasteiger partial charge in [0.05, 0.1) is 0 Å². The molecular formula is C21H23N3O3. The second-order valence-electron chi connectivity index (χ2n) is 6.59. The maximum absolute atomic E-state index is 12.1. The van der Waals surface area contributed by atoms with Crippen molar-refractivity contribution in [2.75, 3.05) is 17.2 Å². The predicted octanol–water partition coefficient (Wildman–Crippen LogP) is 3.34. The number of carbonyl (C=O) groups excluding carboxylic acids is 3. The molecule has 3 amide bonds. The minimum atomic E-state index is -0.221. The smallest absolute Gasteiger partial charge is 0.229 e. The highest BCUT2D eigenvalue weighted by Crippen LogP contribution is 2.21. The van der Waals surface area contributed by atoms with Gasteiger partial charge >= 0.3 is 0 Å². The second-order valence-corrected chi connectivity index (χ2v) is 6.59. The van der Waals surface area contributed by atoms with Gasteiger partial charge < -0.3 is 10.6 Å². The van der Waals surface area contributed by atoms with Gasteiger partial charge in [-0.05, 0) is 36.8 Å². The molecule has 0 unspecified atom stereocenters. The van der Waals surface area contributed by atoms with Crippen LogP contribution in [0.5, 0.6) is 0 Å². The fraction of sp³-hybridized carbons (Fsp3) is 0.286. The van der Waals surface area contributed by atoms with Gasteiger partial charge in [-0.3, -0.25) is 19.3 Å². The average molecular weight is 365 g/mol. The molecule has 1 atom stereocenters. The largest absolute Gasteiger partial charge is 0.379 e. The molecule has 0 bridgehead atoms. The standard InChI is InChI=1S/C21H23N3O3/c1-15(16-5-3-2-4-6-16)22-17-7-9-18(10-8-17)23-19(25)13-14-24-20(26)11-12-21(24)27/h2-10,15,22H,11-14H2,1H3,(H,23,25)/t15-/m0/s1. The number of anilines is 2. The van der Waals surface area contributed by atoms with Crippen molar-refractivity contribution in [3.8, 4) is 0 Å².